The van der Waals surface area contributed by atoms with Crippen LogP contribution in [0.1, 0.15) is 23.3 Å². The van der Waals surface area contributed by atoms with E-state index in [1.165, 1.54) is 23.5 Å². The van der Waals surface area contributed by atoms with Crippen molar-refractivity contribution in [2.45, 2.75) is 18.8 Å². The van der Waals surface area contributed by atoms with Crippen molar-refractivity contribution in [2.24, 2.45) is 5.41 Å². The van der Waals surface area contributed by atoms with Gasteiger partial charge in [0, 0.05) is 51.2 Å². The van der Waals surface area contributed by atoms with Gasteiger partial charge in [0.15, 0.2) is 0 Å². The van der Waals surface area contributed by atoms with Gasteiger partial charge < -0.3 is 9.80 Å². The average molecular weight is 359 g/mol. The topological polar surface area (TPSA) is 62.2 Å². The number of rotatable bonds is 2. The van der Waals surface area contributed by atoms with Gasteiger partial charge in [-0.1, -0.05) is 0 Å². The number of likely N-dealkylation sites (tertiary alicyclic amines) is 1. The van der Waals surface area contributed by atoms with Gasteiger partial charge in [-0.15, -0.1) is 0 Å². The monoisotopic (exact) mass is 359 g/mol. The van der Waals surface area contributed by atoms with E-state index in [2.05, 4.69) is 15.0 Å². The van der Waals surface area contributed by atoms with Crippen LogP contribution in [0.5, 0.6) is 0 Å². The Labute approximate surface area is 149 Å². The van der Waals surface area contributed by atoms with Crippen molar-refractivity contribution in [3.63, 3.8) is 0 Å². The van der Waals surface area contributed by atoms with Crippen molar-refractivity contribution in [2.75, 3.05) is 31.1 Å². The number of anilines is 1. The lowest BCUT2D eigenvalue weighted by atomic mass is 9.75. The highest BCUT2D eigenvalue weighted by atomic mass is 19.3. The van der Waals surface area contributed by atoms with Crippen LogP contribution in [0.4, 0.5) is 14.5 Å². The summed E-state index contributed by atoms with van der Waals surface area (Å²) in [5.74, 6) is -3.16. The summed E-state index contributed by atoms with van der Waals surface area (Å²) >= 11 is 0. The van der Waals surface area contributed by atoms with Crippen LogP contribution in [0.15, 0.2) is 43.1 Å². The molecule has 2 aromatic rings. The molecule has 0 aromatic carbocycles. The molecule has 1 atom stereocenters. The molecule has 8 heteroatoms. The molecule has 26 heavy (non-hydrogen) atoms. The molecule has 1 amide bonds. The second-order valence-electron chi connectivity index (χ2n) is 6.93. The zero-order valence-corrected chi connectivity index (χ0v) is 14.2. The van der Waals surface area contributed by atoms with E-state index in [4.69, 9.17) is 0 Å². The number of aromatic nitrogens is 3. The van der Waals surface area contributed by atoms with Crippen LogP contribution in [0.25, 0.3) is 0 Å². The first-order chi connectivity index (χ1) is 12.5. The summed E-state index contributed by atoms with van der Waals surface area (Å²) < 4.78 is 29.8. The molecule has 6 nitrogen and oxygen atoms in total. The fourth-order valence-electron chi connectivity index (χ4n) is 3.91. The normalized spacial score (nSPS) is 24.8. The SMILES string of the molecule is O=C(c1cnccn1)N1CCC(F)(F)C2(CCN(c3cccnc3)C2)C1. The molecule has 4 heterocycles. The van der Waals surface area contributed by atoms with Crippen molar-refractivity contribution >= 4 is 11.6 Å². The Morgan fingerprint density at radius 3 is 2.62 bits per heavy atom. The molecule has 0 radical (unpaired) electrons. The maximum Gasteiger partial charge on any atom is 0.274 e. The van der Waals surface area contributed by atoms with Gasteiger partial charge in [-0.05, 0) is 18.6 Å². The maximum atomic E-state index is 14.9. The molecule has 0 N–H and O–H groups in total. The number of carbonyl (C=O) groups excluding carboxylic acids is 1. The molecular formula is C18H19F2N5O. The molecule has 1 unspecified atom stereocenters. The number of nitrogens with zero attached hydrogens (tertiary/aromatic N) is 5. The predicted octanol–water partition coefficient (Wildman–Crippen LogP) is 2.25. The Hall–Kier alpha value is -2.64. The summed E-state index contributed by atoms with van der Waals surface area (Å²) in [4.78, 5) is 28.1. The number of alkyl halides is 2. The third-order valence-electron chi connectivity index (χ3n) is 5.40. The van der Waals surface area contributed by atoms with E-state index < -0.39 is 11.3 Å². The molecule has 0 aliphatic carbocycles. The lowest BCUT2D eigenvalue weighted by molar-refractivity contribution is -0.150. The standard InChI is InChI=1S/C18H19F2N5O/c19-18(20)4-9-25(16(26)15-11-22-6-7-23-15)13-17(18)3-8-24(12-17)14-2-1-5-21-10-14/h1-2,5-7,10-11H,3-4,8-9,12-13H2. The highest BCUT2D eigenvalue weighted by molar-refractivity contribution is 5.92. The van der Waals surface area contributed by atoms with Crippen molar-refractivity contribution in [1.82, 2.24) is 19.9 Å². The third-order valence-corrected chi connectivity index (χ3v) is 5.40. The van der Waals surface area contributed by atoms with Crippen LogP contribution in [0, 0.1) is 5.41 Å². The first-order valence-corrected chi connectivity index (χ1v) is 8.59. The summed E-state index contributed by atoms with van der Waals surface area (Å²) in [6, 6.07) is 3.67. The van der Waals surface area contributed by atoms with Crippen molar-refractivity contribution in [1.29, 1.82) is 0 Å². The van der Waals surface area contributed by atoms with Crippen LogP contribution in [0.2, 0.25) is 0 Å². The molecule has 2 aromatic heterocycles. The summed E-state index contributed by atoms with van der Waals surface area (Å²) in [5.41, 5.74) is -0.230. The molecule has 2 fully saturated rings. The van der Waals surface area contributed by atoms with Gasteiger partial charge in [0.2, 0.25) is 0 Å². The third kappa shape index (κ3) is 2.79. The number of hydrogen-bond acceptors (Lipinski definition) is 5. The Morgan fingerprint density at radius 1 is 1.04 bits per heavy atom. The van der Waals surface area contributed by atoms with Gasteiger partial charge in [-0.2, -0.15) is 0 Å². The van der Waals surface area contributed by atoms with E-state index in [-0.39, 0.29) is 37.7 Å². The molecule has 2 aliphatic heterocycles. The average Bonchev–Trinajstić information content (AvgIpc) is 3.11. The Morgan fingerprint density at radius 2 is 1.88 bits per heavy atom. The fraction of sp³-hybridized carbons (Fsp3) is 0.444. The number of halogens is 2. The number of hydrogen-bond donors (Lipinski definition) is 0. The summed E-state index contributed by atoms with van der Waals surface area (Å²) in [6.07, 6.45) is 7.62. The highest BCUT2D eigenvalue weighted by Crippen LogP contribution is 2.50. The minimum Gasteiger partial charge on any atom is -0.369 e. The van der Waals surface area contributed by atoms with Crippen LogP contribution in [-0.2, 0) is 0 Å². The quantitative estimate of drug-likeness (QED) is 0.823. The summed E-state index contributed by atoms with van der Waals surface area (Å²) in [5, 5.41) is 0. The number of amides is 1. The molecule has 2 saturated heterocycles. The van der Waals surface area contributed by atoms with E-state index in [0.717, 1.165) is 5.69 Å². The molecule has 136 valence electrons. The molecule has 1 spiro atoms. The lowest BCUT2D eigenvalue weighted by Crippen LogP contribution is -2.58. The largest absolute Gasteiger partial charge is 0.369 e. The minimum atomic E-state index is -2.82. The zero-order chi connectivity index (χ0) is 18.2. The highest BCUT2D eigenvalue weighted by Gasteiger charge is 2.60. The Kier molecular flexibility index (Phi) is 4.05. The Bertz CT molecular complexity index is 789. The smallest absolute Gasteiger partial charge is 0.274 e. The first-order valence-electron chi connectivity index (χ1n) is 8.59. The molecule has 4 rings (SSSR count). The molecule has 0 saturated carbocycles. The maximum absolute atomic E-state index is 14.9. The fourth-order valence-corrected chi connectivity index (χ4v) is 3.91. The lowest BCUT2D eigenvalue weighted by Gasteiger charge is -2.45. The Balaban J connectivity index is 1.57. The van der Waals surface area contributed by atoms with Gasteiger partial charge in [0.25, 0.3) is 11.8 Å². The van der Waals surface area contributed by atoms with Crippen molar-refractivity contribution in [3.05, 3.63) is 48.8 Å². The van der Waals surface area contributed by atoms with Crippen molar-refractivity contribution < 1.29 is 13.6 Å². The van der Waals surface area contributed by atoms with E-state index in [1.807, 2.05) is 11.0 Å². The second kappa shape index (κ2) is 6.26. The van der Waals surface area contributed by atoms with Gasteiger partial charge >= 0.3 is 0 Å². The number of carbonyl (C=O) groups is 1. The van der Waals surface area contributed by atoms with E-state index in [1.54, 1.807) is 18.5 Å². The minimum absolute atomic E-state index is 0.0200. The van der Waals surface area contributed by atoms with E-state index >= 15 is 0 Å². The van der Waals surface area contributed by atoms with Gasteiger partial charge in [-0.3, -0.25) is 14.8 Å². The molecular weight excluding hydrogens is 340 g/mol. The van der Waals surface area contributed by atoms with Gasteiger partial charge in [0.05, 0.1) is 23.5 Å². The van der Waals surface area contributed by atoms with Crippen LogP contribution < -0.4 is 4.90 Å². The number of piperidine rings is 1. The van der Waals surface area contributed by atoms with E-state index in [9.17, 15) is 13.6 Å². The van der Waals surface area contributed by atoms with Crippen LogP contribution in [-0.4, -0.2) is 57.9 Å². The van der Waals surface area contributed by atoms with Gasteiger partial charge in [0.1, 0.15) is 5.69 Å². The van der Waals surface area contributed by atoms with Crippen LogP contribution >= 0.6 is 0 Å². The molecule has 0 bridgehead atoms. The van der Waals surface area contributed by atoms with Crippen molar-refractivity contribution in [3.8, 4) is 0 Å². The molecule has 2 aliphatic rings. The predicted molar refractivity (Wildman–Crippen MR) is 91.0 cm³/mol. The summed E-state index contributed by atoms with van der Waals surface area (Å²) in [7, 11) is 0. The second-order valence-corrected chi connectivity index (χ2v) is 6.93. The first kappa shape index (κ1) is 16.8. The zero-order valence-electron chi connectivity index (χ0n) is 14.2. The van der Waals surface area contributed by atoms with E-state index in [0.29, 0.717) is 13.0 Å². The number of pyridine rings is 1. The van der Waals surface area contributed by atoms with Gasteiger partial charge in [-0.25, -0.2) is 13.8 Å². The summed E-state index contributed by atoms with van der Waals surface area (Å²) in [6.45, 7) is 0.771. The van der Waals surface area contributed by atoms with Crippen LogP contribution in [0.3, 0.4) is 0 Å².